The van der Waals surface area contributed by atoms with Gasteiger partial charge in [0.05, 0.1) is 25.2 Å². The zero-order valence-corrected chi connectivity index (χ0v) is 25.4. The van der Waals surface area contributed by atoms with Crippen molar-refractivity contribution in [3.63, 3.8) is 0 Å². The molecule has 0 fully saturated rings. The SMILES string of the molecule is CNCc1nnc(CN2C3=C(CCC3)C(=O)NC2SCc2ccc(F)cc2)n1Cc1ccc(-c2ccc(C(F)(F)F)cc2)cc1. The molecule has 1 aliphatic heterocycles. The van der Waals surface area contributed by atoms with E-state index in [0.717, 1.165) is 71.0 Å². The van der Waals surface area contributed by atoms with E-state index in [4.69, 9.17) is 0 Å². The fraction of sp³-hybridized carbons (Fsp3) is 0.303. The van der Waals surface area contributed by atoms with Gasteiger partial charge in [-0.3, -0.25) is 4.79 Å². The van der Waals surface area contributed by atoms with Crippen LogP contribution in [-0.2, 0) is 36.4 Å². The summed E-state index contributed by atoms with van der Waals surface area (Å²) in [6, 6.07) is 19.2. The molecule has 1 atom stereocenters. The van der Waals surface area contributed by atoms with Crippen molar-refractivity contribution in [3.8, 4) is 11.1 Å². The van der Waals surface area contributed by atoms with Crippen LogP contribution in [0.2, 0.25) is 0 Å². The highest BCUT2D eigenvalue weighted by Gasteiger charge is 2.36. The summed E-state index contributed by atoms with van der Waals surface area (Å²) in [6.07, 6.45) is -1.93. The molecule has 1 aromatic heterocycles. The molecule has 4 aromatic rings. The molecule has 2 N–H and O–H groups in total. The number of halogens is 4. The Balaban J connectivity index is 1.23. The molecule has 2 heterocycles. The van der Waals surface area contributed by atoms with Gasteiger partial charge in [0.1, 0.15) is 11.6 Å². The molecule has 0 saturated carbocycles. The number of alkyl halides is 3. The molecule has 2 aliphatic rings. The predicted molar refractivity (Wildman–Crippen MR) is 165 cm³/mol. The van der Waals surface area contributed by atoms with E-state index in [9.17, 15) is 22.4 Å². The number of amides is 1. The van der Waals surface area contributed by atoms with Crippen molar-refractivity contribution in [2.45, 2.75) is 56.3 Å². The molecule has 45 heavy (non-hydrogen) atoms. The van der Waals surface area contributed by atoms with Gasteiger partial charge in [-0.1, -0.05) is 48.5 Å². The molecule has 0 radical (unpaired) electrons. The third-order valence-corrected chi connectivity index (χ3v) is 9.25. The monoisotopic (exact) mass is 636 g/mol. The van der Waals surface area contributed by atoms with E-state index in [1.165, 1.54) is 24.3 Å². The molecule has 0 spiro atoms. The molecule has 12 heteroatoms. The number of carbonyl (C=O) groups is 1. The van der Waals surface area contributed by atoms with E-state index in [1.807, 2.05) is 31.3 Å². The standard InChI is InChI=1S/C33H32F4N6OS/c1-38-17-29-40-41-30(43(29)18-21-5-9-23(10-6-21)24-11-13-25(14-12-24)33(35,36)37)19-42-28-4-2-3-27(28)31(44)39-32(42)45-20-22-7-15-26(34)16-8-22/h5-16,32,38H,2-4,17-20H2,1H3,(H,39,44). The Morgan fingerprint density at radius 2 is 1.53 bits per heavy atom. The minimum absolute atomic E-state index is 0.0409. The summed E-state index contributed by atoms with van der Waals surface area (Å²) < 4.78 is 54.5. The van der Waals surface area contributed by atoms with Crippen LogP contribution in [0.15, 0.2) is 84.1 Å². The second-order valence-electron chi connectivity index (χ2n) is 11.1. The average molecular weight is 637 g/mol. The smallest absolute Gasteiger partial charge is 0.338 e. The van der Waals surface area contributed by atoms with Gasteiger partial charge >= 0.3 is 6.18 Å². The van der Waals surface area contributed by atoms with Crippen LogP contribution in [0.25, 0.3) is 11.1 Å². The lowest BCUT2D eigenvalue weighted by Gasteiger charge is -2.38. The molecule has 0 bridgehead atoms. The Kier molecular flexibility index (Phi) is 8.95. The number of rotatable bonds is 10. The van der Waals surface area contributed by atoms with Crippen molar-refractivity contribution in [2.75, 3.05) is 7.05 Å². The van der Waals surface area contributed by atoms with Crippen LogP contribution < -0.4 is 10.6 Å². The number of carbonyl (C=O) groups excluding carboxylic acids is 1. The van der Waals surface area contributed by atoms with Crippen molar-refractivity contribution in [1.82, 2.24) is 30.3 Å². The summed E-state index contributed by atoms with van der Waals surface area (Å²) in [4.78, 5) is 15.2. The van der Waals surface area contributed by atoms with Crippen LogP contribution in [0.3, 0.4) is 0 Å². The highest BCUT2D eigenvalue weighted by molar-refractivity contribution is 7.99. The first-order valence-electron chi connectivity index (χ1n) is 14.7. The molecule has 0 saturated heterocycles. The summed E-state index contributed by atoms with van der Waals surface area (Å²) in [6.45, 7) is 1.43. The number of benzene rings is 3. The van der Waals surface area contributed by atoms with Crippen molar-refractivity contribution in [1.29, 1.82) is 0 Å². The zero-order chi connectivity index (χ0) is 31.6. The molecular formula is C33H32F4N6OS. The minimum Gasteiger partial charge on any atom is -0.338 e. The lowest BCUT2D eigenvalue weighted by Crippen LogP contribution is -2.50. The first kappa shape index (κ1) is 30.8. The second kappa shape index (κ2) is 13.1. The number of nitrogens with one attached hydrogen (secondary N) is 2. The van der Waals surface area contributed by atoms with Gasteiger partial charge in [-0.2, -0.15) is 13.2 Å². The Morgan fingerprint density at radius 3 is 2.20 bits per heavy atom. The number of hydrogen-bond acceptors (Lipinski definition) is 6. The predicted octanol–water partition coefficient (Wildman–Crippen LogP) is 6.46. The second-order valence-corrected chi connectivity index (χ2v) is 12.2. The summed E-state index contributed by atoms with van der Waals surface area (Å²) in [5.74, 6) is 1.77. The summed E-state index contributed by atoms with van der Waals surface area (Å²) in [7, 11) is 1.84. The van der Waals surface area contributed by atoms with Crippen LogP contribution in [-0.4, -0.2) is 38.1 Å². The van der Waals surface area contributed by atoms with Gasteiger partial charge in [0.15, 0.2) is 11.3 Å². The Labute approximate surface area is 262 Å². The largest absolute Gasteiger partial charge is 0.416 e. The first-order chi connectivity index (χ1) is 21.7. The normalized spacial score (nSPS) is 16.7. The molecule has 234 valence electrons. The van der Waals surface area contributed by atoms with Crippen LogP contribution in [0.5, 0.6) is 0 Å². The Bertz CT molecular complexity index is 1680. The lowest BCUT2D eigenvalue weighted by molar-refractivity contribution is -0.137. The van der Waals surface area contributed by atoms with Gasteiger partial charge in [0, 0.05) is 17.0 Å². The molecule has 1 amide bonds. The molecular weight excluding hydrogens is 604 g/mol. The highest BCUT2D eigenvalue weighted by atomic mass is 32.2. The summed E-state index contributed by atoms with van der Waals surface area (Å²) in [5, 5.41) is 15.4. The molecule has 3 aromatic carbocycles. The Hall–Kier alpha value is -4.16. The van der Waals surface area contributed by atoms with Gasteiger partial charge in [-0.05, 0) is 72.8 Å². The van der Waals surface area contributed by atoms with Crippen molar-refractivity contribution < 1.29 is 22.4 Å². The van der Waals surface area contributed by atoms with E-state index in [0.29, 0.717) is 31.0 Å². The van der Waals surface area contributed by atoms with Crippen LogP contribution >= 0.6 is 11.8 Å². The van der Waals surface area contributed by atoms with Crippen LogP contribution in [0.4, 0.5) is 17.6 Å². The highest BCUT2D eigenvalue weighted by Crippen LogP contribution is 2.37. The molecule has 1 aliphatic carbocycles. The fourth-order valence-corrected chi connectivity index (χ4v) is 6.84. The van der Waals surface area contributed by atoms with Crippen molar-refractivity contribution in [3.05, 3.63) is 118 Å². The van der Waals surface area contributed by atoms with Gasteiger partial charge in [0.2, 0.25) is 0 Å². The van der Waals surface area contributed by atoms with E-state index in [-0.39, 0.29) is 17.2 Å². The number of nitrogens with zero attached hydrogens (tertiary/aromatic N) is 4. The van der Waals surface area contributed by atoms with E-state index in [2.05, 4.69) is 30.3 Å². The van der Waals surface area contributed by atoms with Crippen LogP contribution in [0.1, 0.15) is 47.6 Å². The first-order valence-corrected chi connectivity index (χ1v) is 15.7. The zero-order valence-electron chi connectivity index (χ0n) is 24.6. The van der Waals surface area contributed by atoms with Crippen molar-refractivity contribution in [2.24, 2.45) is 0 Å². The molecule has 6 rings (SSSR count). The third kappa shape index (κ3) is 6.91. The maximum absolute atomic E-state index is 13.4. The summed E-state index contributed by atoms with van der Waals surface area (Å²) in [5.41, 5.74) is 4.30. The van der Waals surface area contributed by atoms with E-state index in [1.54, 1.807) is 23.9 Å². The average Bonchev–Trinajstić information content (AvgIpc) is 3.67. The van der Waals surface area contributed by atoms with E-state index < -0.39 is 11.7 Å². The number of thioether (sulfide) groups is 1. The van der Waals surface area contributed by atoms with Gasteiger partial charge in [0.25, 0.3) is 5.91 Å². The number of aromatic nitrogens is 3. The third-order valence-electron chi connectivity index (χ3n) is 8.06. The van der Waals surface area contributed by atoms with Gasteiger partial charge < -0.3 is 20.1 Å². The van der Waals surface area contributed by atoms with Gasteiger partial charge in [-0.15, -0.1) is 22.0 Å². The number of allylic oxidation sites excluding steroid dienone is 1. The maximum Gasteiger partial charge on any atom is 0.416 e. The number of hydrogen-bond donors (Lipinski definition) is 2. The molecule has 7 nitrogen and oxygen atoms in total. The lowest BCUT2D eigenvalue weighted by atomic mass is 10.0. The quantitative estimate of drug-likeness (QED) is 0.195. The van der Waals surface area contributed by atoms with Crippen molar-refractivity contribution >= 4 is 17.7 Å². The summed E-state index contributed by atoms with van der Waals surface area (Å²) >= 11 is 1.57. The fourth-order valence-electron chi connectivity index (χ4n) is 5.72. The van der Waals surface area contributed by atoms with E-state index >= 15 is 0 Å². The topological polar surface area (TPSA) is 75.1 Å². The maximum atomic E-state index is 13.4. The minimum atomic E-state index is -4.37. The molecule has 1 unspecified atom stereocenters. The van der Waals surface area contributed by atoms with Crippen LogP contribution in [0, 0.1) is 5.82 Å². The Morgan fingerprint density at radius 1 is 0.889 bits per heavy atom. The van der Waals surface area contributed by atoms with Gasteiger partial charge in [-0.25, -0.2) is 4.39 Å².